The second-order valence-corrected chi connectivity index (χ2v) is 0.894. The van der Waals surface area contributed by atoms with E-state index >= 15 is 0 Å². The molecule has 7 heavy (non-hydrogen) atoms. The topological polar surface area (TPSA) is 34.1 Å². The van der Waals surface area contributed by atoms with Crippen molar-refractivity contribution in [2.75, 3.05) is 0 Å². The summed E-state index contributed by atoms with van der Waals surface area (Å²) in [6, 6.07) is 0. The van der Waals surface area contributed by atoms with Crippen LogP contribution < -0.4 is 0 Å². The van der Waals surface area contributed by atoms with Gasteiger partial charge in [0.05, 0.1) is 0 Å². The zero-order valence-electron chi connectivity index (χ0n) is 4.03. The van der Waals surface area contributed by atoms with Gasteiger partial charge in [0.15, 0.2) is 0 Å². The maximum atomic E-state index is 9.28. The summed E-state index contributed by atoms with van der Waals surface area (Å²) in [5.74, 6) is 0. The zero-order chi connectivity index (χ0) is 6.12. The summed E-state index contributed by atoms with van der Waals surface area (Å²) in [6.07, 6.45) is 3.27. The van der Waals surface area contributed by atoms with Gasteiger partial charge in [0.1, 0.15) is 0 Å². The Morgan fingerprint density at radius 2 is 2.00 bits per heavy atom. The van der Waals surface area contributed by atoms with Crippen molar-refractivity contribution in [3.63, 3.8) is 0 Å². The molecule has 0 aliphatic rings. The van der Waals surface area contributed by atoms with E-state index in [1.165, 1.54) is 0 Å². The Morgan fingerprint density at radius 3 is 2.00 bits per heavy atom. The van der Waals surface area contributed by atoms with Crippen molar-refractivity contribution in [2.24, 2.45) is 0 Å². The van der Waals surface area contributed by atoms with Gasteiger partial charge in [-0.25, -0.2) is 0 Å². The fraction of sp³-hybridized carbons (Fsp3) is 0.750. The van der Waals surface area contributed by atoms with E-state index in [1.54, 1.807) is 27.3 Å². The molecule has 0 N–H and O–H groups in total. The molecule has 0 atom stereocenters. The van der Waals surface area contributed by atoms with Gasteiger partial charge in [0, 0.05) is 0 Å². The Morgan fingerprint density at radius 1 is 1.57 bits per heavy atom. The summed E-state index contributed by atoms with van der Waals surface area (Å²) >= 11 is 1.70. The summed E-state index contributed by atoms with van der Waals surface area (Å²) in [5, 5.41) is 0. The van der Waals surface area contributed by atoms with E-state index in [2.05, 4.69) is 0 Å². The van der Waals surface area contributed by atoms with Crippen molar-refractivity contribution in [3.8, 4) is 0 Å². The van der Waals surface area contributed by atoms with E-state index in [1.807, 2.05) is 6.92 Å². The number of carbonyl (C=O) groups excluding carboxylic acids is 1. The Kier molecular flexibility index (Phi) is 23.9. The summed E-state index contributed by atoms with van der Waals surface area (Å²) in [4.78, 5) is 9.28. The minimum absolute atomic E-state index is 0.583. The maximum absolute atomic E-state index is 9.28. The van der Waals surface area contributed by atoms with Gasteiger partial charge >= 0.3 is 24.3 Å². The van der Waals surface area contributed by atoms with Crippen LogP contribution in [0.1, 0.15) is 19.8 Å². The second-order valence-electron chi connectivity index (χ2n) is 0.894. The van der Waals surface area contributed by atoms with Gasteiger partial charge in [-0.1, -0.05) is 13.3 Å². The van der Waals surface area contributed by atoms with Gasteiger partial charge in [-0.15, -0.1) is 0 Å². The molecule has 0 bridgehead atoms. The third-order valence-corrected chi connectivity index (χ3v) is 0.352. The van der Waals surface area contributed by atoms with E-state index in [9.17, 15) is 4.79 Å². The molecular weight excluding hydrogens is 188 g/mol. The van der Waals surface area contributed by atoms with Gasteiger partial charge in [0.2, 0.25) is 0 Å². The molecule has 47 valence electrons. The predicted octanol–water partition coefficient (Wildman–Crippen LogP) is 0.775. The van der Waals surface area contributed by atoms with Crippen molar-refractivity contribution < 1.29 is 29.1 Å². The molecular formula is C4H7AgO2-. The van der Waals surface area contributed by atoms with E-state index < -0.39 is 0 Å². The molecule has 0 amide bonds. The van der Waals surface area contributed by atoms with E-state index in [-0.39, 0.29) is 0 Å². The number of hydrogen-bond acceptors (Lipinski definition) is 2. The average Bonchev–Trinajstić information content (AvgIpc) is 1.75. The van der Waals surface area contributed by atoms with Crippen LogP contribution in [0.15, 0.2) is 0 Å². The first-order valence-electron chi connectivity index (χ1n) is 1.89. The molecule has 0 aliphatic heterocycles. The predicted molar refractivity (Wildman–Crippen MR) is 21.3 cm³/mol. The van der Waals surface area contributed by atoms with Crippen LogP contribution in [0.4, 0.5) is 0 Å². The van der Waals surface area contributed by atoms with Crippen LogP contribution in [0.2, 0.25) is 0 Å². The Balaban J connectivity index is 0. The van der Waals surface area contributed by atoms with Gasteiger partial charge in [-0.05, 0) is 0 Å². The SMILES string of the molecule is CCC[C-]=O.[O]=[Ag]. The van der Waals surface area contributed by atoms with Crippen molar-refractivity contribution >= 4 is 6.29 Å². The van der Waals surface area contributed by atoms with Crippen LogP contribution in [0.25, 0.3) is 0 Å². The van der Waals surface area contributed by atoms with Gasteiger partial charge in [-0.3, -0.25) is 6.29 Å². The van der Waals surface area contributed by atoms with Gasteiger partial charge in [-0.2, -0.15) is 6.42 Å². The molecule has 2 nitrogen and oxygen atoms in total. The second kappa shape index (κ2) is 16.4. The Labute approximate surface area is 55.5 Å². The van der Waals surface area contributed by atoms with Crippen molar-refractivity contribution in [1.82, 2.24) is 0 Å². The van der Waals surface area contributed by atoms with E-state index in [4.69, 9.17) is 3.25 Å². The van der Waals surface area contributed by atoms with Gasteiger partial charge < -0.3 is 4.79 Å². The van der Waals surface area contributed by atoms with Gasteiger partial charge in [0.25, 0.3) is 0 Å². The number of rotatable bonds is 2. The molecule has 0 spiro atoms. The zero-order valence-corrected chi connectivity index (χ0v) is 5.51. The quantitative estimate of drug-likeness (QED) is 0.481. The molecule has 0 rings (SSSR count). The summed E-state index contributed by atoms with van der Waals surface area (Å²) in [7, 11) is 0. The van der Waals surface area contributed by atoms with Crippen molar-refractivity contribution in [1.29, 1.82) is 0 Å². The summed E-state index contributed by atoms with van der Waals surface area (Å²) in [6.45, 7) is 1.95. The molecule has 0 radical (unpaired) electrons. The fourth-order valence-corrected chi connectivity index (χ4v) is 0.102. The van der Waals surface area contributed by atoms with Crippen LogP contribution in [0.3, 0.4) is 0 Å². The third-order valence-electron chi connectivity index (χ3n) is 0.352. The van der Waals surface area contributed by atoms with Crippen LogP contribution in [-0.4, -0.2) is 6.29 Å². The first-order valence-corrected chi connectivity index (χ1v) is 2.49. The molecule has 0 aromatic carbocycles. The molecule has 0 heterocycles. The molecule has 0 aromatic rings. The minimum atomic E-state index is 0.583. The average molecular weight is 195 g/mol. The molecule has 0 aliphatic carbocycles. The normalized spacial score (nSPS) is 6.14. The molecule has 0 saturated carbocycles. The number of unbranched alkanes of at least 4 members (excludes halogenated alkanes) is 1. The standard InChI is InChI=1S/C4H7O.Ag.O/c1-2-3-4-5;;/h2-3H2,1H3;;/q-1;;. The summed E-state index contributed by atoms with van der Waals surface area (Å²) in [5.41, 5.74) is 0. The first-order chi connectivity index (χ1) is 3.41. The molecule has 0 unspecified atom stereocenters. The van der Waals surface area contributed by atoms with Crippen LogP contribution in [-0.2, 0) is 29.1 Å². The monoisotopic (exact) mass is 194 g/mol. The molecule has 0 aromatic heterocycles. The Hall–Kier alpha value is 0.210. The van der Waals surface area contributed by atoms with Crippen molar-refractivity contribution in [2.45, 2.75) is 19.8 Å². The van der Waals surface area contributed by atoms with Crippen molar-refractivity contribution in [3.05, 3.63) is 0 Å². The number of hydrogen-bond donors (Lipinski definition) is 0. The van der Waals surface area contributed by atoms with Crippen LogP contribution in [0, 0.1) is 0 Å². The Bertz CT molecular complexity index is 38.7. The molecule has 3 heteroatoms. The fourth-order valence-electron chi connectivity index (χ4n) is 0.102. The third kappa shape index (κ3) is 22.5. The van der Waals surface area contributed by atoms with Crippen LogP contribution >= 0.6 is 0 Å². The van der Waals surface area contributed by atoms with Crippen LogP contribution in [0.5, 0.6) is 0 Å². The summed E-state index contributed by atoms with van der Waals surface area (Å²) < 4.78 is 8.06. The van der Waals surface area contributed by atoms with E-state index in [0.717, 1.165) is 6.42 Å². The molecule has 0 fully saturated rings. The molecule has 0 saturated heterocycles. The first kappa shape index (κ1) is 10.2. The van der Waals surface area contributed by atoms with E-state index in [0.29, 0.717) is 6.42 Å².